The Balaban J connectivity index is 1.36. The third kappa shape index (κ3) is 4.17. The average Bonchev–Trinajstić information content (AvgIpc) is 3.23. The van der Waals surface area contributed by atoms with E-state index in [1.54, 1.807) is 6.20 Å². The number of H-pyrrole nitrogens is 1. The highest BCUT2D eigenvalue weighted by atomic mass is 35.5. The van der Waals surface area contributed by atoms with Gasteiger partial charge in [0.25, 0.3) is 0 Å². The minimum absolute atomic E-state index is 0.610. The van der Waals surface area contributed by atoms with Crippen molar-refractivity contribution in [2.45, 2.75) is 6.54 Å². The number of hydrogen-bond acceptors (Lipinski definition) is 6. The van der Waals surface area contributed by atoms with E-state index in [2.05, 4.69) is 60.0 Å². The number of anilines is 3. The monoisotopic (exact) mass is 427 g/mol. The largest absolute Gasteiger partial charge is 0.364 e. The summed E-state index contributed by atoms with van der Waals surface area (Å²) in [4.78, 5) is 12.9. The normalized spacial score (nSPS) is 10.9. The maximum atomic E-state index is 6.10. The molecule has 0 aliphatic heterocycles. The van der Waals surface area contributed by atoms with Crippen LogP contribution in [-0.4, -0.2) is 25.1 Å². The lowest BCUT2D eigenvalue weighted by Gasteiger charge is -2.09. The molecule has 7 nitrogen and oxygen atoms in total. The molecule has 0 amide bonds. The summed E-state index contributed by atoms with van der Waals surface area (Å²) in [7, 11) is 0. The Kier molecular flexibility index (Phi) is 5.16. The second kappa shape index (κ2) is 8.41. The van der Waals surface area contributed by atoms with Gasteiger partial charge in [-0.3, -0.25) is 10.1 Å². The van der Waals surface area contributed by atoms with Crippen LogP contribution in [-0.2, 0) is 6.54 Å². The summed E-state index contributed by atoms with van der Waals surface area (Å²) >= 11 is 6.10. The van der Waals surface area contributed by atoms with Crippen LogP contribution in [0, 0.1) is 0 Å². The summed E-state index contributed by atoms with van der Waals surface area (Å²) in [5.74, 6) is 1.33. The van der Waals surface area contributed by atoms with Crippen molar-refractivity contribution in [1.29, 1.82) is 0 Å². The van der Waals surface area contributed by atoms with Crippen molar-refractivity contribution in [2.24, 2.45) is 0 Å². The Morgan fingerprint density at radius 2 is 1.81 bits per heavy atom. The smallest absolute Gasteiger partial charge is 0.162 e. The first-order valence-corrected chi connectivity index (χ1v) is 10.1. The molecule has 0 unspecified atom stereocenters. The predicted octanol–water partition coefficient (Wildman–Crippen LogP) is 5.42. The van der Waals surface area contributed by atoms with Gasteiger partial charge in [-0.25, -0.2) is 9.97 Å². The number of benzene rings is 2. The molecule has 0 spiro atoms. The van der Waals surface area contributed by atoms with Gasteiger partial charge in [0, 0.05) is 29.6 Å². The van der Waals surface area contributed by atoms with E-state index in [0.717, 1.165) is 27.8 Å². The van der Waals surface area contributed by atoms with Gasteiger partial charge >= 0.3 is 0 Å². The fraction of sp³-hybridized carbons (Fsp3) is 0.0435. The molecule has 0 aliphatic carbocycles. The van der Waals surface area contributed by atoms with Crippen LogP contribution in [0.25, 0.3) is 22.2 Å². The molecule has 0 aliphatic rings. The molecule has 0 radical (unpaired) electrons. The van der Waals surface area contributed by atoms with E-state index in [0.29, 0.717) is 28.9 Å². The van der Waals surface area contributed by atoms with E-state index in [1.807, 2.05) is 42.6 Å². The van der Waals surface area contributed by atoms with Gasteiger partial charge in [0.05, 0.1) is 0 Å². The van der Waals surface area contributed by atoms with Crippen LogP contribution in [0.15, 0.2) is 79.4 Å². The minimum atomic E-state index is 0.610. The second-order valence-electron chi connectivity index (χ2n) is 6.95. The topological polar surface area (TPSA) is 91.4 Å². The number of pyridine rings is 1. The highest BCUT2D eigenvalue weighted by molar-refractivity contribution is 6.30. The lowest BCUT2D eigenvalue weighted by Crippen LogP contribution is -2.02. The van der Waals surface area contributed by atoms with Crippen molar-refractivity contribution in [3.8, 4) is 11.1 Å². The quantitative estimate of drug-likeness (QED) is 0.335. The molecule has 31 heavy (non-hydrogen) atoms. The number of rotatable bonds is 6. The van der Waals surface area contributed by atoms with E-state index < -0.39 is 0 Å². The van der Waals surface area contributed by atoms with Crippen LogP contribution < -0.4 is 10.6 Å². The van der Waals surface area contributed by atoms with Gasteiger partial charge in [0.2, 0.25) is 0 Å². The summed E-state index contributed by atoms with van der Waals surface area (Å²) in [6.45, 7) is 0.610. The van der Waals surface area contributed by atoms with Crippen molar-refractivity contribution in [3.63, 3.8) is 0 Å². The van der Waals surface area contributed by atoms with E-state index in [-0.39, 0.29) is 0 Å². The maximum Gasteiger partial charge on any atom is 0.162 e. The Bertz CT molecular complexity index is 1320. The molecule has 0 saturated carbocycles. The third-order valence-electron chi connectivity index (χ3n) is 4.85. The number of hydrogen-bond donors (Lipinski definition) is 3. The van der Waals surface area contributed by atoms with Crippen LogP contribution in [0.2, 0.25) is 5.02 Å². The Morgan fingerprint density at radius 3 is 2.61 bits per heavy atom. The highest BCUT2D eigenvalue weighted by Crippen LogP contribution is 2.29. The van der Waals surface area contributed by atoms with Gasteiger partial charge in [-0.15, -0.1) is 0 Å². The molecule has 8 heteroatoms. The lowest BCUT2D eigenvalue weighted by atomic mass is 10.1. The fourth-order valence-electron chi connectivity index (χ4n) is 3.32. The number of aromatic amines is 1. The summed E-state index contributed by atoms with van der Waals surface area (Å²) < 4.78 is 0. The standard InChI is InChI=1S/C23H18ClN7/c24-18-4-1-5-19(11-18)29-21-20-22(30-31-23(20)28-14-27-21)26-12-15-6-8-16(9-7-15)17-3-2-10-25-13-17/h1-11,13-14H,12H2,(H3,26,27,28,29,30,31). The van der Waals surface area contributed by atoms with Crippen LogP contribution in [0.3, 0.4) is 0 Å². The molecule has 152 valence electrons. The molecule has 3 N–H and O–H groups in total. The van der Waals surface area contributed by atoms with E-state index in [9.17, 15) is 0 Å². The Labute approximate surface area is 183 Å². The van der Waals surface area contributed by atoms with E-state index in [1.165, 1.54) is 6.33 Å². The highest BCUT2D eigenvalue weighted by Gasteiger charge is 2.13. The number of fused-ring (bicyclic) bond motifs is 1. The van der Waals surface area contributed by atoms with Gasteiger partial charge in [-0.2, -0.15) is 5.10 Å². The van der Waals surface area contributed by atoms with Gasteiger partial charge < -0.3 is 10.6 Å². The van der Waals surface area contributed by atoms with Crippen molar-refractivity contribution in [2.75, 3.05) is 10.6 Å². The molecule has 3 aromatic heterocycles. The van der Waals surface area contributed by atoms with Crippen LogP contribution in [0.4, 0.5) is 17.3 Å². The summed E-state index contributed by atoms with van der Waals surface area (Å²) in [5, 5.41) is 15.5. The zero-order valence-electron chi connectivity index (χ0n) is 16.4. The summed E-state index contributed by atoms with van der Waals surface area (Å²) in [6, 6.07) is 19.8. The Morgan fingerprint density at radius 1 is 0.903 bits per heavy atom. The summed E-state index contributed by atoms with van der Waals surface area (Å²) in [6.07, 6.45) is 5.13. The molecular weight excluding hydrogens is 410 g/mol. The van der Waals surface area contributed by atoms with Crippen molar-refractivity contribution in [3.05, 3.63) is 90.0 Å². The first-order valence-electron chi connectivity index (χ1n) is 9.71. The van der Waals surface area contributed by atoms with Gasteiger partial charge in [0.15, 0.2) is 11.5 Å². The van der Waals surface area contributed by atoms with Crippen molar-refractivity contribution < 1.29 is 0 Å². The van der Waals surface area contributed by atoms with Crippen molar-refractivity contribution >= 4 is 40.0 Å². The lowest BCUT2D eigenvalue weighted by molar-refractivity contribution is 1.05. The number of aromatic nitrogens is 5. The minimum Gasteiger partial charge on any atom is -0.364 e. The molecule has 0 bridgehead atoms. The van der Waals surface area contributed by atoms with Gasteiger partial charge in [0.1, 0.15) is 17.5 Å². The first kappa shape index (κ1) is 19.0. The predicted molar refractivity (Wildman–Crippen MR) is 123 cm³/mol. The molecule has 5 rings (SSSR count). The second-order valence-corrected chi connectivity index (χ2v) is 7.38. The SMILES string of the molecule is Clc1cccc(Nc2ncnc3[nH]nc(NCc4ccc(-c5cccnc5)cc4)c23)c1. The maximum absolute atomic E-state index is 6.10. The molecule has 3 heterocycles. The van der Waals surface area contributed by atoms with Gasteiger partial charge in [-0.05, 0) is 41.0 Å². The molecule has 0 atom stereocenters. The number of halogens is 1. The number of nitrogens with zero attached hydrogens (tertiary/aromatic N) is 4. The zero-order valence-corrected chi connectivity index (χ0v) is 17.1. The summed E-state index contributed by atoms with van der Waals surface area (Å²) in [5.41, 5.74) is 4.84. The third-order valence-corrected chi connectivity index (χ3v) is 5.09. The first-order chi connectivity index (χ1) is 15.3. The zero-order chi connectivity index (χ0) is 21.0. The van der Waals surface area contributed by atoms with Crippen LogP contribution in [0.1, 0.15) is 5.56 Å². The molecule has 0 fully saturated rings. The van der Waals surface area contributed by atoms with Crippen LogP contribution in [0.5, 0.6) is 0 Å². The Hall–Kier alpha value is -3.97. The van der Waals surface area contributed by atoms with E-state index >= 15 is 0 Å². The molecular formula is C23H18ClN7. The average molecular weight is 428 g/mol. The van der Waals surface area contributed by atoms with Gasteiger partial charge in [-0.1, -0.05) is 48.0 Å². The van der Waals surface area contributed by atoms with Crippen molar-refractivity contribution in [1.82, 2.24) is 25.1 Å². The fourth-order valence-corrected chi connectivity index (χ4v) is 3.51. The van der Waals surface area contributed by atoms with Crippen LogP contribution >= 0.6 is 11.6 Å². The number of nitrogens with one attached hydrogen (secondary N) is 3. The molecule has 2 aromatic carbocycles. The molecule has 5 aromatic rings. The van der Waals surface area contributed by atoms with E-state index in [4.69, 9.17) is 11.6 Å². The molecule has 0 saturated heterocycles.